The van der Waals surface area contributed by atoms with Gasteiger partial charge in [0.05, 0.1) is 5.56 Å². The molecule has 0 aliphatic carbocycles. The molecular weight excluding hydrogens is 131 g/mol. The Morgan fingerprint density at radius 2 is 2.40 bits per heavy atom. The molecule has 10 heavy (non-hydrogen) atoms. The highest BCUT2D eigenvalue weighted by Crippen LogP contribution is 2.03. The lowest BCUT2D eigenvalue weighted by Crippen LogP contribution is -2.12. The summed E-state index contributed by atoms with van der Waals surface area (Å²) in [7, 11) is 0. The highest BCUT2D eigenvalue weighted by atomic mass is 19.1. The van der Waals surface area contributed by atoms with Crippen LogP contribution in [-0.4, -0.2) is 5.84 Å². The fraction of sp³-hybridized carbons (Fsp3) is 0. The summed E-state index contributed by atoms with van der Waals surface area (Å²) in [5, 5.41) is 6.90. The van der Waals surface area contributed by atoms with Crippen LogP contribution in [0.15, 0.2) is 18.2 Å². The van der Waals surface area contributed by atoms with E-state index in [1.165, 1.54) is 12.1 Å². The molecule has 51 valence electrons. The molecule has 0 aromatic heterocycles. The zero-order valence-electron chi connectivity index (χ0n) is 5.19. The molecule has 0 bridgehead atoms. The Bertz CT molecular complexity index is 258. The van der Waals surface area contributed by atoms with Crippen molar-refractivity contribution in [3.8, 4) is 0 Å². The Hall–Kier alpha value is -1.38. The summed E-state index contributed by atoms with van der Waals surface area (Å²) < 4.78 is 12.6. The summed E-state index contributed by atoms with van der Waals surface area (Å²) in [4.78, 5) is 0. The van der Waals surface area contributed by atoms with Gasteiger partial charge in [0.25, 0.3) is 0 Å². The molecule has 0 aliphatic rings. The number of nitrogens with two attached hydrogens (primary N) is 1. The van der Waals surface area contributed by atoms with E-state index in [1.54, 1.807) is 0 Å². The summed E-state index contributed by atoms with van der Waals surface area (Å²) >= 11 is 0. The van der Waals surface area contributed by atoms with Crippen molar-refractivity contribution in [3.05, 3.63) is 35.6 Å². The quantitative estimate of drug-likeness (QED) is 0.438. The third-order valence-electron chi connectivity index (χ3n) is 1.10. The van der Waals surface area contributed by atoms with E-state index in [9.17, 15) is 4.39 Å². The largest absolute Gasteiger partial charge is 0.384 e. The standard InChI is InChI=1S/C7H6FN2/c8-6-4-2-1-3-5(6)7(9)10/h1,3-4H,(H3,9,10). The molecule has 3 N–H and O–H groups in total. The molecule has 0 amide bonds. The second-order valence-corrected chi connectivity index (χ2v) is 1.82. The topological polar surface area (TPSA) is 49.9 Å². The van der Waals surface area contributed by atoms with E-state index in [4.69, 9.17) is 11.1 Å². The summed E-state index contributed by atoms with van der Waals surface area (Å²) in [6, 6.07) is 6.61. The predicted octanol–water partition coefficient (Wildman–Crippen LogP) is 0.910. The maximum atomic E-state index is 12.6. The van der Waals surface area contributed by atoms with Gasteiger partial charge in [0.2, 0.25) is 0 Å². The van der Waals surface area contributed by atoms with E-state index in [0.717, 1.165) is 6.07 Å². The minimum atomic E-state index is -0.505. The Balaban J connectivity index is 3.15. The molecule has 0 saturated carbocycles. The molecule has 1 aromatic carbocycles. The number of amidine groups is 1. The minimum absolute atomic E-state index is 0.124. The van der Waals surface area contributed by atoms with Crippen LogP contribution in [0.5, 0.6) is 0 Å². The highest BCUT2D eigenvalue weighted by Gasteiger charge is 2.00. The first-order valence-corrected chi connectivity index (χ1v) is 2.72. The van der Waals surface area contributed by atoms with Gasteiger partial charge >= 0.3 is 0 Å². The van der Waals surface area contributed by atoms with Gasteiger partial charge in [-0.05, 0) is 18.2 Å². The van der Waals surface area contributed by atoms with Gasteiger partial charge in [-0.15, -0.1) is 0 Å². The van der Waals surface area contributed by atoms with Gasteiger partial charge in [0.15, 0.2) is 0 Å². The molecule has 0 saturated heterocycles. The second kappa shape index (κ2) is 2.47. The summed E-state index contributed by atoms with van der Waals surface area (Å²) in [6.45, 7) is 0. The molecule has 0 heterocycles. The van der Waals surface area contributed by atoms with Gasteiger partial charge in [-0.1, -0.05) is 6.07 Å². The molecule has 0 fully saturated rings. The summed E-state index contributed by atoms with van der Waals surface area (Å²) in [5.74, 6) is -0.762. The SMILES string of the molecule is N=C(N)c1cc[c]cc1F. The van der Waals surface area contributed by atoms with Gasteiger partial charge in [-0.3, -0.25) is 5.41 Å². The van der Waals surface area contributed by atoms with E-state index in [-0.39, 0.29) is 11.4 Å². The Labute approximate surface area is 58.0 Å². The van der Waals surface area contributed by atoms with Crippen LogP contribution in [0.1, 0.15) is 5.56 Å². The van der Waals surface area contributed by atoms with E-state index in [0.29, 0.717) is 0 Å². The number of nitrogen functional groups attached to an aromatic ring is 1. The van der Waals surface area contributed by atoms with Crippen molar-refractivity contribution < 1.29 is 4.39 Å². The molecular formula is C7H6FN2. The molecule has 0 aliphatic heterocycles. The average molecular weight is 137 g/mol. The van der Waals surface area contributed by atoms with Crippen molar-refractivity contribution in [2.24, 2.45) is 5.73 Å². The number of benzene rings is 1. The van der Waals surface area contributed by atoms with Crippen LogP contribution in [0.3, 0.4) is 0 Å². The number of halogens is 1. The van der Waals surface area contributed by atoms with Crippen LogP contribution in [0.4, 0.5) is 4.39 Å². The smallest absolute Gasteiger partial charge is 0.134 e. The maximum absolute atomic E-state index is 12.6. The van der Waals surface area contributed by atoms with E-state index >= 15 is 0 Å². The van der Waals surface area contributed by atoms with Crippen molar-refractivity contribution in [3.63, 3.8) is 0 Å². The molecule has 2 nitrogen and oxygen atoms in total. The monoisotopic (exact) mass is 137 g/mol. The molecule has 0 spiro atoms. The lowest BCUT2D eigenvalue weighted by molar-refractivity contribution is 0.624. The maximum Gasteiger partial charge on any atom is 0.134 e. The molecule has 1 aromatic rings. The Morgan fingerprint density at radius 3 is 2.80 bits per heavy atom. The van der Waals surface area contributed by atoms with E-state index in [2.05, 4.69) is 6.07 Å². The zero-order valence-corrected chi connectivity index (χ0v) is 5.19. The van der Waals surface area contributed by atoms with Gasteiger partial charge < -0.3 is 5.73 Å². The van der Waals surface area contributed by atoms with Crippen LogP contribution in [0.25, 0.3) is 0 Å². The van der Waals surface area contributed by atoms with Gasteiger partial charge in [0, 0.05) is 0 Å². The Kier molecular flexibility index (Phi) is 1.67. The zero-order chi connectivity index (χ0) is 7.56. The number of hydrogen-bond donors (Lipinski definition) is 2. The number of rotatable bonds is 1. The van der Waals surface area contributed by atoms with Crippen LogP contribution < -0.4 is 5.73 Å². The van der Waals surface area contributed by atoms with Gasteiger partial charge in [-0.2, -0.15) is 0 Å². The van der Waals surface area contributed by atoms with Crippen LogP contribution in [0, 0.1) is 17.3 Å². The highest BCUT2D eigenvalue weighted by molar-refractivity contribution is 5.95. The first kappa shape index (κ1) is 6.74. The first-order chi connectivity index (χ1) is 4.72. The molecule has 1 rings (SSSR count). The fourth-order valence-corrected chi connectivity index (χ4v) is 0.629. The third kappa shape index (κ3) is 1.13. The van der Waals surface area contributed by atoms with Crippen LogP contribution >= 0.6 is 0 Å². The lowest BCUT2D eigenvalue weighted by Gasteiger charge is -1.96. The van der Waals surface area contributed by atoms with Crippen molar-refractivity contribution in [1.29, 1.82) is 5.41 Å². The summed E-state index contributed by atoms with van der Waals surface area (Å²) in [6.07, 6.45) is 0. The molecule has 0 atom stereocenters. The van der Waals surface area contributed by atoms with Crippen molar-refractivity contribution in [1.82, 2.24) is 0 Å². The fourth-order valence-electron chi connectivity index (χ4n) is 0.629. The molecule has 3 heteroatoms. The van der Waals surface area contributed by atoms with Gasteiger partial charge in [-0.25, -0.2) is 4.39 Å². The molecule has 1 radical (unpaired) electrons. The van der Waals surface area contributed by atoms with Crippen LogP contribution in [0.2, 0.25) is 0 Å². The predicted molar refractivity (Wildman–Crippen MR) is 36.3 cm³/mol. The van der Waals surface area contributed by atoms with Crippen LogP contribution in [-0.2, 0) is 0 Å². The lowest BCUT2D eigenvalue weighted by atomic mass is 10.2. The Morgan fingerprint density at radius 1 is 1.70 bits per heavy atom. The normalized spacial score (nSPS) is 9.30. The second-order valence-electron chi connectivity index (χ2n) is 1.82. The van der Waals surface area contributed by atoms with E-state index in [1.807, 2.05) is 0 Å². The van der Waals surface area contributed by atoms with Crippen molar-refractivity contribution >= 4 is 5.84 Å². The van der Waals surface area contributed by atoms with Crippen molar-refractivity contribution in [2.75, 3.05) is 0 Å². The van der Waals surface area contributed by atoms with E-state index < -0.39 is 5.82 Å². The minimum Gasteiger partial charge on any atom is -0.384 e. The number of nitrogens with one attached hydrogen (secondary N) is 1. The number of hydrogen-bond acceptors (Lipinski definition) is 1. The van der Waals surface area contributed by atoms with Crippen molar-refractivity contribution in [2.45, 2.75) is 0 Å². The van der Waals surface area contributed by atoms with Gasteiger partial charge in [0.1, 0.15) is 11.7 Å². The molecule has 0 unspecified atom stereocenters. The third-order valence-corrected chi connectivity index (χ3v) is 1.10. The summed E-state index contributed by atoms with van der Waals surface area (Å²) in [5.41, 5.74) is 5.17. The first-order valence-electron chi connectivity index (χ1n) is 2.72. The average Bonchev–Trinajstić information content (AvgIpc) is 1.88.